The van der Waals surface area contributed by atoms with Crippen molar-refractivity contribution in [3.05, 3.63) is 150 Å². The molecule has 5 aromatic carbocycles. The van der Waals surface area contributed by atoms with E-state index in [4.69, 9.17) is 11.3 Å². The van der Waals surface area contributed by atoms with Crippen molar-refractivity contribution in [2.45, 2.75) is 72.6 Å². The monoisotopic (exact) mass is 883 g/mol. The molecular formula is C47H44FIrN3O+. The number of furan rings is 1. The third-order valence-electron chi connectivity index (χ3n) is 9.27. The second kappa shape index (κ2) is 14.8. The number of halogens is 1. The fourth-order valence-electron chi connectivity index (χ4n) is 6.50. The molecule has 0 bridgehead atoms. The molecule has 0 atom stereocenters. The van der Waals surface area contributed by atoms with Gasteiger partial charge in [-0.2, -0.15) is 12.1 Å². The Morgan fingerprint density at radius 2 is 1.64 bits per heavy atom. The quantitative estimate of drug-likeness (QED) is 0.130. The van der Waals surface area contributed by atoms with Crippen LogP contribution in [0.1, 0.15) is 72.0 Å². The van der Waals surface area contributed by atoms with Crippen molar-refractivity contribution in [3.8, 4) is 28.1 Å². The van der Waals surface area contributed by atoms with Gasteiger partial charge in [-0.1, -0.05) is 125 Å². The molecule has 4 nitrogen and oxygen atoms in total. The molecule has 0 saturated heterocycles. The molecule has 0 aliphatic carbocycles. The molecule has 3 heterocycles. The van der Waals surface area contributed by atoms with Crippen LogP contribution >= 0.6 is 0 Å². The first-order valence-corrected chi connectivity index (χ1v) is 17.3. The van der Waals surface area contributed by atoms with Gasteiger partial charge in [0.25, 0.3) is 0 Å². The van der Waals surface area contributed by atoms with Crippen LogP contribution in [0.25, 0.3) is 61.0 Å². The van der Waals surface area contributed by atoms with Crippen molar-refractivity contribution in [2.75, 3.05) is 0 Å². The van der Waals surface area contributed by atoms with Crippen molar-refractivity contribution in [2.24, 2.45) is 0 Å². The van der Waals surface area contributed by atoms with E-state index in [1.165, 1.54) is 35.4 Å². The Kier molecular flexibility index (Phi) is 8.86. The standard InChI is InChI=1S/C32H32NO.C15H12FN2.Ir/c1-20-19-33-28(25-13-10-12-24-23-11-8-9-14-29(23)34-30(24)25)18-26(20)22-16-15-21(31(2,3)4)17-27(22)32(5,6)7;1-2-17-11-18(13-9-7-12(16)8-10-13)15-6-4-3-5-14(15)17;/h8-12,14-19H,1-7H3;3-9H,2H2,1H3;/q2*-1;+3/i1D3;2D2;. The number of nitrogens with zero attached hydrogens (tertiary/aromatic N) is 3. The van der Waals surface area contributed by atoms with Crippen molar-refractivity contribution in [1.82, 2.24) is 9.55 Å². The van der Waals surface area contributed by atoms with Gasteiger partial charge in [0.1, 0.15) is 5.58 Å². The maximum absolute atomic E-state index is 13.0. The summed E-state index contributed by atoms with van der Waals surface area (Å²) in [4.78, 5) is 4.62. The third-order valence-corrected chi connectivity index (χ3v) is 9.27. The van der Waals surface area contributed by atoms with E-state index in [1.807, 2.05) is 66.7 Å². The molecule has 3 aromatic heterocycles. The number of imidazole rings is 1. The number of fused-ring (bicyclic) bond motifs is 4. The zero-order chi connectivity index (χ0) is 41.1. The van der Waals surface area contributed by atoms with Crippen molar-refractivity contribution in [1.29, 1.82) is 0 Å². The number of pyridine rings is 1. The summed E-state index contributed by atoms with van der Waals surface area (Å²) in [7, 11) is 0. The molecule has 0 N–H and O–H groups in total. The summed E-state index contributed by atoms with van der Waals surface area (Å²) in [6, 6.07) is 37.8. The first kappa shape index (κ1) is 31.6. The van der Waals surface area contributed by atoms with E-state index < -0.39 is 13.3 Å². The average Bonchev–Trinajstić information content (AvgIpc) is 3.74. The zero-order valence-electron chi connectivity index (χ0n) is 35.9. The van der Waals surface area contributed by atoms with Crippen molar-refractivity contribution in [3.63, 3.8) is 0 Å². The maximum atomic E-state index is 13.0. The van der Waals surface area contributed by atoms with Crippen LogP contribution in [-0.4, -0.2) is 9.55 Å². The Hall–Kier alpha value is -4.90. The van der Waals surface area contributed by atoms with E-state index in [-0.39, 0.29) is 42.3 Å². The van der Waals surface area contributed by atoms with Gasteiger partial charge in [-0.25, -0.2) is 0 Å². The summed E-state index contributed by atoms with van der Waals surface area (Å²) >= 11 is 0. The van der Waals surface area contributed by atoms with Crippen LogP contribution in [-0.2, 0) is 37.4 Å². The van der Waals surface area contributed by atoms with Gasteiger partial charge in [0, 0.05) is 21.5 Å². The Labute approximate surface area is 332 Å². The van der Waals surface area contributed by atoms with Crippen LogP contribution in [0.4, 0.5) is 4.39 Å². The third kappa shape index (κ3) is 7.49. The molecule has 0 amide bonds. The number of rotatable bonds is 4. The molecule has 0 aliphatic heterocycles. The minimum Gasteiger partial charge on any atom is -0.501 e. The minimum atomic E-state index is -2.31. The van der Waals surface area contributed by atoms with Crippen LogP contribution in [0.3, 0.4) is 0 Å². The molecule has 53 heavy (non-hydrogen) atoms. The van der Waals surface area contributed by atoms with Crippen molar-refractivity contribution < 1.29 is 40.3 Å². The van der Waals surface area contributed by atoms with E-state index in [0.29, 0.717) is 22.5 Å². The first-order chi connectivity index (χ1) is 26.7. The van der Waals surface area contributed by atoms with Gasteiger partial charge in [-0.05, 0) is 64.2 Å². The van der Waals surface area contributed by atoms with E-state index >= 15 is 0 Å². The molecule has 8 rings (SSSR count). The summed E-state index contributed by atoms with van der Waals surface area (Å²) in [5.74, 6) is -0.357. The summed E-state index contributed by atoms with van der Waals surface area (Å²) in [5.41, 5.74) is 8.88. The van der Waals surface area contributed by atoms with E-state index in [0.717, 1.165) is 44.1 Å². The molecule has 0 saturated carbocycles. The summed E-state index contributed by atoms with van der Waals surface area (Å²) in [6.45, 7) is 10.6. The minimum absolute atomic E-state index is 0. The Bertz CT molecular complexity index is 2750. The number of hydrogen-bond donors (Lipinski definition) is 0. The van der Waals surface area contributed by atoms with Gasteiger partial charge >= 0.3 is 20.1 Å². The largest absolute Gasteiger partial charge is 3.00 e. The predicted molar refractivity (Wildman–Crippen MR) is 210 cm³/mol. The molecule has 6 heteroatoms. The molecule has 0 fully saturated rings. The molecule has 0 unspecified atom stereocenters. The summed E-state index contributed by atoms with van der Waals surface area (Å²) in [5, 5.41) is 2.01. The Morgan fingerprint density at radius 3 is 2.36 bits per heavy atom. The van der Waals surface area contributed by atoms with Gasteiger partial charge in [-0.15, -0.1) is 30.3 Å². The number of aryl methyl sites for hydroxylation is 2. The second-order valence-corrected chi connectivity index (χ2v) is 14.9. The van der Waals surface area contributed by atoms with Gasteiger partial charge in [-0.3, -0.25) is 4.39 Å². The van der Waals surface area contributed by atoms with Crippen LogP contribution in [0.2, 0.25) is 0 Å². The van der Waals surface area contributed by atoms with E-state index in [2.05, 4.69) is 83.2 Å². The van der Waals surface area contributed by atoms with E-state index in [9.17, 15) is 4.39 Å². The number of benzene rings is 5. The first-order valence-electron chi connectivity index (χ1n) is 19.8. The normalized spacial score (nSPS) is 13.7. The molecule has 268 valence electrons. The number of hydrogen-bond acceptors (Lipinski definition) is 2. The summed E-state index contributed by atoms with van der Waals surface area (Å²) < 4.78 is 62.9. The Balaban J connectivity index is 0.000000228. The van der Waals surface area contributed by atoms with Crippen LogP contribution < -0.4 is 4.57 Å². The fourth-order valence-corrected chi connectivity index (χ4v) is 6.50. The molecule has 8 aromatic rings. The smallest absolute Gasteiger partial charge is 0.501 e. The molecule has 0 aliphatic rings. The molecule has 0 radical (unpaired) electrons. The van der Waals surface area contributed by atoms with Gasteiger partial charge in [0.15, 0.2) is 0 Å². The second-order valence-electron chi connectivity index (χ2n) is 14.9. The average molecular weight is 883 g/mol. The predicted octanol–water partition coefficient (Wildman–Crippen LogP) is 11.7. The summed E-state index contributed by atoms with van der Waals surface area (Å²) in [6.07, 6.45) is 4.47. The van der Waals surface area contributed by atoms with Gasteiger partial charge in [0.2, 0.25) is 6.33 Å². The molecular weight excluding hydrogens is 834 g/mol. The number of para-hydroxylation sites is 3. The van der Waals surface area contributed by atoms with E-state index in [1.54, 1.807) is 10.6 Å². The van der Waals surface area contributed by atoms with Gasteiger partial charge < -0.3 is 18.5 Å². The van der Waals surface area contributed by atoms with Gasteiger partial charge in [0.05, 0.1) is 25.9 Å². The van der Waals surface area contributed by atoms with Crippen molar-refractivity contribution >= 4 is 33.0 Å². The topological polar surface area (TPSA) is 34.8 Å². The fraction of sp³-hybridized carbons (Fsp3) is 0.234. The van der Waals surface area contributed by atoms with Crippen LogP contribution in [0.15, 0.2) is 114 Å². The zero-order valence-corrected chi connectivity index (χ0v) is 33.2. The van der Waals surface area contributed by atoms with Crippen LogP contribution in [0.5, 0.6) is 0 Å². The SMILES string of the molecule is [2H]C([2H])(C)[n+]1[c-]n(-c2[c-]cc(F)cc2)c2ccccc21.[2H]C([2H])([2H])c1cnc(-c2[c-]ccc3c2oc2ccccc23)cc1-c1ccc(C(C)(C)C)cc1C(C)(C)C.[Ir+3]. The maximum Gasteiger partial charge on any atom is 3.00 e. The Morgan fingerprint density at radius 1 is 0.868 bits per heavy atom. The van der Waals surface area contributed by atoms with Crippen LogP contribution in [0, 0.1) is 31.1 Å². The molecule has 0 spiro atoms. The number of aromatic nitrogens is 3.